The highest BCUT2D eigenvalue weighted by atomic mass is 16.5. The number of carbonyl (C=O) groups is 1. The van der Waals surface area contributed by atoms with Crippen LogP contribution in [0.3, 0.4) is 0 Å². The van der Waals surface area contributed by atoms with E-state index in [0.29, 0.717) is 25.7 Å². The summed E-state index contributed by atoms with van der Waals surface area (Å²) in [6.07, 6.45) is 1.95. The molecular formula is C14H26N2O3. The van der Waals surface area contributed by atoms with Crippen LogP contribution in [0.2, 0.25) is 0 Å². The van der Waals surface area contributed by atoms with E-state index in [1.165, 1.54) is 0 Å². The number of nitrogens with zero attached hydrogens (tertiary/aromatic N) is 1. The van der Waals surface area contributed by atoms with Crippen molar-refractivity contribution in [2.24, 2.45) is 5.92 Å². The summed E-state index contributed by atoms with van der Waals surface area (Å²) in [4.78, 5) is 14.3. The third-order valence-corrected chi connectivity index (χ3v) is 4.13. The van der Waals surface area contributed by atoms with E-state index in [4.69, 9.17) is 9.47 Å². The maximum atomic E-state index is 12.3. The fourth-order valence-electron chi connectivity index (χ4n) is 2.93. The van der Waals surface area contributed by atoms with Crippen LogP contribution in [0.4, 0.5) is 0 Å². The van der Waals surface area contributed by atoms with Crippen molar-refractivity contribution < 1.29 is 14.3 Å². The van der Waals surface area contributed by atoms with Crippen molar-refractivity contribution in [1.29, 1.82) is 0 Å². The normalized spacial score (nSPS) is 35.6. The van der Waals surface area contributed by atoms with Crippen LogP contribution in [0.25, 0.3) is 0 Å². The minimum Gasteiger partial charge on any atom is -0.378 e. The lowest BCUT2D eigenvalue weighted by Gasteiger charge is -2.34. The molecule has 2 rings (SSSR count). The first-order valence-corrected chi connectivity index (χ1v) is 7.17. The van der Waals surface area contributed by atoms with Crippen LogP contribution in [0, 0.1) is 5.92 Å². The van der Waals surface area contributed by atoms with Crippen LogP contribution in [0.5, 0.6) is 0 Å². The van der Waals surface area contributed by atoms with Gasteiger partial charge in [0.05, 0.1) is 25.4 Å². The molecule has 3 atom stereocenters. The van der Waals surface area contributed by atoms with Gasteiger partial charge in [-0.3, -0.25) is 10.1 Å². The van der Waals surface area contributed by atoms with Crippen LogP contribution in [0.15, 0.2) is 0 Å². The molecule has 110 valence electrons. The van der Waals surface area contributed by atoms with Crippen molar-refractivity contribution in [2.75, 3.05) is 26.9 Å². The van der Waals surface area contributed by atoms with Gasteiger partial charge in [0.15, 0.2) is 0 Å². The summed E-state index contributed by atoms with van der Waals surface area (Å²) >= 11 is 0. The molecule has 2 aliphatic rings. The molecule has 3 unspecified atom stereocenters. The molecule has 2 fully saturated rings. The predicted octanol–water partition coefficient (Wildman–Crippen LogP) is 0.984. The fraction of sp³-hybridized carbons (Fsp3) is 0.929. The van der Waals surface area contributed by atoms with Crippen molar-refractivity contribution in [3.8, 4) is 0 Å². The molecule has 5 heteroatoms. The molecule has 2 saturated heterocycles. The molecule has 1 amide bonds. The highest BCUT2D eigenvalue weighted by molar-refractivity contribution is 5.84. The van der Waals surface area contributed by atoms with E-state index in [1.807, 2.05) is 11.8 Å². The smallest absolute Gasteiger partial charge is 0.240 e. The molecule has 2 heterocycles. The highest BCUT2D eigenvalue weighted by Gasteiger charge is 2.44. The first kappa shape index (κ1) is 14.8. The zero-order chi connectivity index (χ0) is 14.0. The average molecular weight is 270 g/mol. The second-order valence-corrected chi connectivity index (χ2v) is 6.19. The summed E-state index contributed by atoms with van der Waals surface area (Å²) in [5, 5.41) is 3.38. The Hall–Kier alpha value is -0.650. The molecule has 0 aromatic rings. The second kappa shape index (κ2) is 5.77. The predicted molar refractivity (Wildman–Crippen MR) is 72.7 cm³/mol. The van der Waals surface area contributed by atoms with Gasteiger partial charge in [0.25, 0.3) is 0 Å². The van der Waals surface area contributed by atoms with E-state index in [9.17, 15) is 4.79 Å². The Bertz CT molecular complexity index is 327. The van der Waals surface area contributed by atoms with Gasteiger partial charge in [-0.25, -0.2) is 0 Å². The summed E-state index contributed by atoms with van der Waals surface area (Å²) in [6.45, 7) is 8.21. The molecule has 2 aliphatic heterocycles. The van der Waals surface area contributed by atoms with E-state index < -0.39 is 0 Å². The Morgan fingerprint density at radius 2 is 2.32 bits per heavy atom. The van der Waals surface area contributed by atoms with Crippen LogP contribution in [-0.4, -0.2) is 55.5 Å². The largest absolute Gasteiger partial charge is 0.378 e. The Morgan fingerprint density at radius 3 is 2.84 bits per heavy atom. The number of rotatable bonds is 5. The number of hydrogen-bond donors (Lipinski definition) is 1. The summed E-state index contributed by atoms with van der Waals surface area (Å²) in [5.41, 5.74) is -0.323. The summed E-state index contributed by atoms with van der Waals surface area (Å²) in [7, 11) is 1.71. The van der Waals surface area contributed by atoms with Crippen molar-refractivity contribution in [1.82, 2.24) is 10.2 Å². The monoisotopic (exact) mass is 270 g/mol. The Morgan fingerprint density at radius 1 is 1.58 bits per heavy atom. The van der Waals surface area contributed by atoms with Gasteiger partial charge in [0.1, 0.15) is 5.60 Å². The third-order valence-electron chi connectivity index (χ3n) is 4.13. The van der Waals surface area contributed by atoms with E-state index in [1.54, 1.807) is 7.11 Å². The van der Waals surface area contributed by atoms with Gasteiger partial charge in [-0.05, 0) is 19.3 Å². The number of hydrogen-bond acceptors (Lipinski definition) is 4. The Kier molecular flexibility index (Phi) is 4.48. The van der Waals surface area contributed by atoms with Gasteiger partial charge >= 0.3 is 0 Å². The van der Waals surface area contributed by atoms with Crippen molar-refractivity contribution in [3.63, 3.8) is 0 Å². The number of amides is 1. The first-order chi connectivity index (χ1) is 8.97. The van der Waals surface area contributed by atoms with Crippen molar-refractivity contribution in [2.45, 2.75) is 51.4 Å². The lowest BCUT2D eigenvalue weighted by Crippen LogP contribution is -2.50. The van der Waals surface area contributed by atoms with Gasteiger partial charge in [-0.1, -0.05) is 13.8 Å². The molecule has 0 aromatic heterocycles. The third kappa shape index (κ3) is 3.09. The lowest BCUT2D eigenvalue weighted by molar-refractivity contribution is -0.134. The van der Waals surface area contributed by atoms with Crippen LogP contribution >= 0.6 is 0 Å². The number of ether oxygens (including phenoxy) is 2. The zero-order valence-corrected chi connectivity index (χ0v) is 12.4. The Labute approximate surface area is 115 Å². The van der Waals surface area contributed by atoms with E-state index >= 15 is 0 Å². The molecule has 0 aliphatic carbocycles. The summed E-state index contributed by atoms with van der Waals surface area (Å²) < 4.78 is 11.1. The van der Waals surface area contributed by atoms with E-state index in [0.717, 1.165) is 12.8 Å². The zero-order valence-electron chi connectivity index (χ0n) is 12.4. The van der Waals surface area contributed by atoms with E-state index in [-0.39, 0.29) is 23.7 Å². The molecule has 0 saturated carbocycles. The minimum atomic E-state index is -0.323. The molecular weight excluding hydrogens is 244 g/mol. The number of carbonyl (C=O) groups excluding carboxylic acids is 1. The van der Waals surface area contributed by atoms with Crippen LogP contribution in [0.1, 0.15) is 33.6 Å². The Balaban J connectivity index is 2.08. The van der Waals surface area contributed by atoms with Gasteiger partial charge in [-0.15, -0.1) is 0 Å². The average Bonchev–Trinajstić information content (AvgIpc) is 2.91. The SMILES string of the molecule is COC1(CN2C(=O)C(C)NC2CC(C)C)CCOC1. The molecule has 19 heavy (non-hydrogen) atoms. The van der Waals surface area contributed by atoms with Crippen LogP contribution in [-0.2, 0) is 14.3 Å². The standard InChI is InChI=1S/C14H26N2O3/c1-10(2)7-12-15-11(3)13(17)16(12)8-14(18-4)5-6-19-9-14/h10-12,15H,5-9H2,1-4H3. The molecule has 0 aromatic carbocycles. The number of methoxy groups -OCH3 is 1. The topological polar surface area (TPSA) is 50.8 Å². The quantitative estimate of drug-likeness (QED) is 0.809. The highest BCUT2D eigenvalue weighted by Crippen LogP contribution is 2.27. The van der Waals surface area contributed by atoms with Gasteiger partial charge in [0, 0.05) is 20.1 Å². The van der Waals surface area contributed by atoms with E-state index in [2.05, 4.69) is 19.2 Å². The summed E-state index contributed by atoms with van der Waals surface area (Å²) in [5.74, 6) is 0.727. The second-order valence-electron chi connectivity index (χ2n) is 6.19. The maximum Gasteiger partial charge on any atom is 0.240 e. The molecule has 5 nitrogen and oxygen atoms in total. The molecule has 1 N–H and O–H groups in total. The van der Waals surface area contributed by atoms with Crippen molar-refractivity contribution in [3.05, 3.63) is 0 Å². The van der Waals surface area contributed by atoms with Gasteiger partial charge in [0.2, 0.25) is 5.91 Å². The number of nitrogens with one attached hydrogen (secondary N) is 1. The van der Waals surface area contributed by atoms with Gasteiger partial charge in [-0.2, -0.15) is 0 Å². The fourth-order valence-corrected chi connectivity index (χ4v) is 2.93. The lowest BCUT2D eigenvalue weighted by atomic mass is 10.0. The maximum absolute atomic E-state index is 12.3. The first-order valence-electron chi connectivity index (χ1n) is 7.17. The van der Waals surface area contributed by atoms with Gasteiger partial charge < -0.3 is 14.4 Å². The molecule has 0 radical (unpaired) electrons. The minimum absolute atomic E-state index is 0.0972. The molecule has 0 spiro atoms. The van der Waals surface area contributed by atoms with Crippen LogP contribution < -0.4 is 5.32 Å². The summed E-state index contributed by atoms with van der Waals surface area (Å²) in [6, 6.07) is -0.0972. The molecule has 0 bridgehead atoms. The van der Waals surface area contributed by atoms with Crippen molar-refractivity contribution >= 4 is 5.91 Å².